The normalized spacial score (nSPS) is 12.5. The number of hydrogen-bond acceptors (Lipinski definition) is 4. The number of rotatable bonds is 3. The molecule has 0 aliphatic rings. The Morgan fingerprint density at radius 3 is 2.20 bits per heavy atom. The quantitative estimate of drug-likeness (QED) is 0.928. The van der Waals surface area contributed by atoms with Gasteiger partial charge < -0.3 is 9.84 Å². The van der Waals surface area contributed by atoms with E-state index >= 15 is 0 Å². The molecule has 0 fully saturated rings. The van der Waals surface area contributed by atoms with E-state index in [1.165, 1.54) is 12.1 Å². The molecule has 2 aromatic rings. The molecule has 0 aliphatic carbocycles. The molecule has 0 spiro atoms. The molecule has 4 nitrogen and oxygen atoms in total. The summed E-state index contributed by atoms with van der Waals surface area (Å²) in [5, 5.41) is 7.16. The third kappa shape index (κ3) is 3.15. The molecular weight excluding hydrogens is 257 g/mol. The molecule has 0 atom stereocenters. The lowest BCUT2D eigenvalue weighted by atomic mass is 9.84. The Morgan fingerprint density at radius 2 is 1.65 bits per heavy atom. The van der Waals surface area contributed by atoms with Crippen molar-refractivity contribution in [3.63, 3.8) is 0 Å². The van der Waals surface area contributed by atoms with Crippen molar-refractivity contribution < 1.29 is 8.91 Å². The summed E-state index contributed by atoms with van der Waals surface area (Å²) in [4.78, 5) is 4.38. The lowest BCUT2D eigenvalue weighted by Gasteiger charge is -2.21. The summed E-state index contributed by atoms with van der Waals surface area (Å²) < 4.78 is 18.2. The molecule has 108 valence electrons. The first-order chi connectivity index (χ1) is 9.18. The Labute approximate surface area is 118 Å². The Bertz CT molecular complexity index is 582. The van der Waals surface area contributed by atoms with Crippen LogP contribution in [0.3, 0.4) is 0 Å². The number of nitrogens with one attached hydrogen (secondary N) is 1. The Morgan fingerprint density at radius 1 is 1.05 bits per heavy atom. The number of nitrogens with zero attached hydrogens (tertiary/aromatic N) is 2. The molecule has 0 unspecified atom stereocenters. The number of aromatic nitrogens is 2. The summed E-state index contributed by atoms with van der Waals surface area (Å²) in [5.74, 6) is 0.309. The predicted octanol–water partition coefficient (Wildman–Crippen LogP) is 3.75. The highest BCUT2D eigenvalue weighted by Gasteiger charge is 2.29. The van der Waals surface area contributed by atoms with Crippen molar-refractivity contribution in [2.45, 2.75) is 45.6 Å². The fourth-order valence-electron chi connectivity index (χ4n) is 1.84. The average Bonchev–Trinajstić information content (AvgIpc) is 2.76. The smallest absolute Gasteiger partial charge is 0.321 e. The van der Waals surface area contributed by atoms with Gasteiger partial charge in [0, 0.05) is 5.54 Å². The molecule has 2 rings (SSSR count). The lowest BCUT2D eigenvalue weighted by molar-refractivity contribution is 0.400. The molecule has 1 heterocycles. The minimum atomic E-state index is -0.449. The van der Waals surface area contributed by atoms with Crippen LogP contribution >= 0.6 is 0 Å². The van der Waals surface area contributed by atoms with Gasteiger partial charge in [0.25, 0.3) is 0 Å². The summed E-state index contributed by atoms with van der Waals surface area (Å²) in [6.45, 7) is 10.0. The van der Waals surface area contributed by atoms with Crippen LogP contribution in [0.2, 0.25) is 0 Å². The van der Waals surface area contributed by atoms with E-state index in [-0.39, 0.29) is 11.4 Å². The van der Waals surface area contributed by atoms with Crippen molar-refractivity contribution in [2.24, 2.45) is 0 Å². The highest BCUT2D eigenvalue weighted by molar-refractivity contribution is 5.33. The van der Waals surface area contributed by atoms with E-state index in [4.69, 9.17) is 4.52 Å². The van der Waals surface area contributed by atoms with Gasteiger partial charge in [-0.05, 0) is 52.3 Å². The van der Waals surface area contributed by atoms with Crippen LogP contribution in [-0.2, 0) is 5.41 Å². The molecule has 0 bridgehead atoms. The topological polar surface area (TPSA) is 51.0 Å². The number of benzene rings is 1. The van der Waals surface area contributed by atoms with Gasteiger partial charge in [0.1, 0.15) is 5.82 Å². The summed E-state index contributed by atoms with van der Waals surface area (Å²) in [7, 11) is 0. The van der Waals surface area contributed by atoms with Gasteiger partial charge in [-0.1, -0.05) is 17.3 Å². The predicted molar refractivity (Wildman–Crippen MR) is 76.2 cm³/mol. The van der Waals surface area contributed by atoms with Gasteiger partial charge in [-0.2, -0.15) is 4.98 Å². The maximum Gasteiger partial charge on any atom is 0.321 e. The van der Waals surface area contributed by atoms with Gasteiger partial charge >= 0.3 is 6.01 Å². The molecule has 20 heavy (non-hydrogen) atoms. The second-order valence-corrected chi connectivity index (χ2v) is 6.43. The van der Waals surface area contributed by atoms with Crippen molar-refractivity contribution in [1.82, 2.24) is 10.1 Å². The monoisotopic (exact) mass is 277 g/mol. The largest absolute Gasteiger partial charge is 0.333 e. The minimum absolute atomic E-state index is 0.149. The van der Waals surface area contributed by atoms with Crippen LogP contribution in [0.4, 0.5) is 10.4 Å². The van der Waals surface area contributed by atoms with Crippen molar-refractivity contribution in [3.05, 3.63) is 41.5 Å². The SMILES string of the molecule is CC(C)(C)Nc1nc(C(C)(C)c2ccc(F)cc2)no1. The van der Waals surface area contributed by atoms with E-state index in [1.54, 1.807) is 12.1 Å². The second-order valence-electron chi connectivity index (χ2n) is 6.43. The number of hydrogen-bond donors (Lipinski definition) is 1. The molecule has 5 heteroatoms. The number of anilines is 1. The standard InChI is InChI=1S/C15H20FN3O/c1-14(2,3)18-13-17-12(19-20-13)15(4,5)10-6-8-11(16)9-7-10/h6-9H,1-5H3,(H,17,18,19). The highest BCUT2D eigenvalue weighted by Crippen LogP contribution is 2.30. The fourth-order valence-corrected chi connectivity index (χ4v) is 1.84. The molecule has 1 aromatic heterocycles. The van der Waals surface area contributed by atoms with Gasteiger partial charge in [-0.25, -0.2) is 4.39 Å². The zero-order valence-electron chi connectivity index (χ0n) is 12.5. The maximum atomic E-state index is 13.0. The average molecular weight is 277 g/mol. The maximum absolute atomic E-state index is 13.0. The van der Waals surface area contributed by atoms with E-state index in [9.17, 15) is 4.39 Å². The van der Waals surface area contributed by atoms with Crippen molar-refractivity contribution in [1.29, 1.82) is 0 Å². The molecule has 0 saturated carbocycles. The van der Waals surface area contributed by atoms with E-state index < -0.39 is 5.41 Å². The van der Waals surface area contributed by atoms with Gasteiger partial charge in [0.15, 0.2) is 5.82 Å². The fraction of sp³-hybridized carbons (Fsp3) is 0.467. The van der Waals surface area contributed by atoms with Gasteiger partial charge in [-0.3, -0.25) is 0 Å². The summed E-state index contributed by atoms with van der Waals surface area (Å²) in [6.07, 6.45) is 0. The molecule has 1 N–H and O–H groups in total. The molecule has 0 saturated heterocycles. The molecule has 1 aromatic carbocycles. The van der Waals surface area contributed by atoms with Crippen LogP contribution in [0.25, 0.3) is 0 Å². The van der Waals surface area contributed by atoms with Gasteiger partial charge in [0.2, 0.25) is 0 Å². The number of halogens is 1. The van der Waals surface area contributed by atoms with Crippen molar-refractivity contribution in [2.75, 3.05) is 5.32 Å². The van der Waals surface area contributed by atoms with Crippen LogP contribution in [0.5, 0.6) is 0 Å². The Hall–Kier alpha value is -1.91. The van der Waals surface area contributed by atoms with Crippen LogP contribution in [0.15, 0.2) is 28.8 Å². The van der Waals surface area contributed by atoms with E-state index in [0.29, 0.717) is 11.8 Å². The molecule has 0 aliphatic heterocycles. The first kappa shape index (κ1) is 14.5. The Kier molecular flexibility index (Phi) is 3.54. The van der Waals surface area contributed by atoms with Gasteiger partial charge in [0.05, 0.1) is 5.41 Å². The van der Waals surface area contributed by atoms with Gasteiger partial charge in [-0.15, -0.1) is 0 Å². The van der Waals surface area contributed by atoms with Crippen LogP contribution < -0.4 is 5.32 Å². The summed E-state index contributed by atoms with van der Waals surface area (Å²) >= 11 is 0. The van der Waals surface area contributed by atoms with Crippen molar-refractivity contribution in [3.8, 4) is 0 Å². The molecular formula is C15H20FN3O. The molecule has 0 radical (unpaired) electrons. The highest BCUT2D eigenvalue weighted by atomic mass is 19.1. The molecule has 0 amide bonds. The first-order valence-corrected chi connectivity index (χ1v) is 6.57. The lowest BCUT2D eigenvalue weighted by Crippen LogP contribution is -2.26. The Balaban J connectivity index is 2.28. The van der Waals surface area contributed by atoms with E-state index in [0.717, 1.165) is 5.56 Å². The van der Waals surface area contributed by atoms with Crippen LogP contribution in [-0.4, -0.2) is 15.7 Å². The van der Waals surface area contributed by atoms with Crippen molar-refractivity contribution >= 4 is 6.01 Å². The van der Waals surface area contributed by atoms with E-state index in [1.807, 2.05) is 34.6 Å². The third-order valence-electron chi connectivity index (χ3n) is 3.03. The summed E-state index contributed by atoms with van der Waals surface area (Å²) in [6, 6.07) is 6.74. The first-order valence-electron chi connectivity index (χ1n) is 6.57. The third-order valence-corrected chi connectivity index (χ3v) is 3.03. The van der Waals surface area contributed by atoms with Crippen LogP contribution in [0, 0.1) is 5.82 Å². The zero-order chi connectivity index (χ0) is 15.0. The van der Waals surface area contributed by atoms with E-state index in [2.05, 4.69) is 15.5 Å². The summed E-state index contributed by atoms with van der Waals surface area (Å²) in [5.41, 5.74) is 0.334. The zero-order valence-corrected chi connectivity index (χ0v) is 12.5. The second kappa shape index (κ2) is 4.89. The minimum Gasteiger partial charge on any atom is -0.333 e. The van der Waals surface area contributed by atoms with Crippen LogP contribution in [0.1, 0.15) is 46.0 Å².